The molecule has 0 unspecified atom stereocenters. The van der Waals surface area contributed by atoms with Gasteiger partial charge in [0.1, 0.15) is 0 Å². The molecular weight excluding hydrogens is 238 g/mol. The maximum absolute atomic E-state index is 4.55. The Morgan fingerprint density at radius 3 is 2.63 bits per heavy atom. The number of hydrogen-bond acceptors (Lipinski definition) is 4. The van der Waals surface area contributed by atoms with Gasteiger partial charge >= 0.3 is 0 Å². The molecule has 0 saturated heterocycles. The van der Waals surface area contributed by atoms with Gasteiger partial charge in [-0.25, -0.2) is 4.98 Å². The van der Waals surface area contributed by atoms with Crippen LogP contribution in [0.4, 0.5) is 0 Å². The predicted octanol–water partition coefficient (Wildman–Crippen LogP) is 2.38. The minimum atomic E-state index is 0.529. The Labute approximate surface area is 111 Å². The summed E-state index contributed by atoms with van der Waals surface area (Å²) in [7, 11) is 0. The maximum atomic E-state index is 4.55. The van der Waals surface area contributed by atoms with Crippen LogP contribution in [-0.4, -0.2) is 24.6 Å². The van der Waals surface area contributed by atoms with Crippen LogP contribution in [0.25, 0.3) is 17.0 Å². The SMILES string of the molecule is CC(C)Cc1nc2nccc(-c3ccncc3)n2n1. The van der Waals surface area contributed by atoms with Gasteiger partial charge in [-0.3, -0.25) is 4.98 Å². The van der Waals surface area contributed by atoms with Gasteiger partial charge in [-0.15, -0.1) is 5.10 Å². The van der Waals surface area contributed by atoms with E-state index in [1.807, 2.05) is 18.2 Å². The molecule has 3 heterocycles. The van der Waals surface area contributed by atoms with Crippen molar-refractivity contribution in [2.75, 3.05) is 0 Å². The van der Waals surface area contributed by atoms with Crippen molar-refractivity contribution < 1.29 is 0 Å². The Balaban J connectivity index is 2.13. The second-order valence-electron chi connectivity index (χ2n) is 4.90. The molecule has 0 atom stereocenters. The van der Waals surface area contributed by atoms with Gasteiger partial charge in [0, 0.05) is 30.6 Å². The van der Waals surface area contributed by atoms with Crippen LogP contribution in [0.2, 0.25) is 0 Å². The summed E-state index contributed by atoms with van der Waals surface area (Å²) in [5.41, 5.74) is 2.04. The van der Waals surface area contributed by atoms with E-state index in [2.05, 4.69) is 33.9 Å². The zero-order chi connectivity index (χ0) is 13.2. The molecule has 3 aromatic heterocycles. The zero-order valence-electron chi connectivity index (χ0n) is 11.0. The number of aromatic nitrogens is 5. The number of rotatable bonds is 3. The molecule has 0 aliphatic carbocycles. The smallest absolute Gasteiger partial charge is 0.252 e. The zero-order valence-corrected chi connectivity index (χ0v) is 11.0. The van der Waals surface area contributed by atoms with Crippen LogP contribution in [0.1, 0.15) is 19.7 Å². The van der Waals surface area contributed by atoms with Crippen molar-refractivity contribution in [3.63, 3.8) is 0 Å². The molecule has 0 amide bonds. The fourth-order valence-corrected chi connectivity index (χ4v) is 2.03. The van der Waals surface area contributed by atoms with E-state index in [4.69, 9.17) is 0 Å². The number of pyridine rings is 1. The lowest BCUT2D eigenvalue weighted by atomic mass is 10.1. The quantitative estimate of drug-likeness (QED) is 0.719. The average Bonchev–Trinajstić information content (AvgIpc) is 2.80. The average molecular weight is 253 g/mol. The molecule has 0 aliphatic rings. The Kier molecular flexibility index (Phi) is 2.95. The topological polar surface area (TPSA) is 56.0 Å². The Bertz CT molecular complexity index is 687. The Hall–Kier alpha value is -2.30. The molecule has 0 radical (unpaired) electrons. The van der Waals surface area contributed by atoms with Crippen molar-refractivity contribution in [1.82, 2.24) is 24.6 Å². The third-order valence-electron chi connectivity index (χ3n) is 2.85. The second kappa shape index (κ2) is 4.76. The Morgan fingerprint density at radius 1 is 1.11 bits per heavy atom. The summed E-state index contributed by atoms with van der Waals surface area (Å²) in [5.74, 6) is 2.01. The van der Waals surface area contributed by atoms with Crippen LogP contribution in [0, 0.1) is 5.92 Å². The third kappa shape index (κ3) is 2.31. The van der Waals surface area contributed by atoms with E-state index < -0.39 is 0 Å². The molecule has 0 spiro atoms. The van der Waals surface area contributed by atoms with E-state index >= 15 is 0 Å². The fourth-order valence-electron chi connectivity index (χ4n) is 2.03. The highest BCUT2D eigenvalue weighted by atomic mass is 15.3. The van der Waals surface area contributed by atoms with Crippen molar-refractivity contribution in [3.05, 3.63) is 42.6 Å². The number of nitrogens with zero attached hydrogens (tertiary/aromatic N) is 5. The molecule has 0 bridgehead atoms. The van der Waals surface area contributed by atoms with E-state index in [-0.39, 0.29) is 0 Å². The highest BCUT2D eigenvalue weighted by Crippen LogP contribution is 2.18. The molecular formula is C14H15N5. The van der Waals surface area contributed by atoms with Crippen LogP contribution >= 0.6 is 0 Å². The standard InChI is InChI=1S/C14H15N5/c1-10(2)9-13-17-14-16-8-5-12(19(14)18-13)11-3-6-15-7-4-11/h3-8,10H,9H2,1-2H3. The van der Waals surface area contributed by atoms with Crippen molar-refractivity contribution >= 4 is 5.78 Å². The monoisotopic (exact) mass is 253 g/mol. The lowest BCUT2D eigenvalue weighted by Crippen LogP contribution is -1.98. The Morgan fingerprint density at radius 2 is 1.89 bits per heavy atom. The van der Waals surface area contributed by atoms with E-state index in [1.54, 1.807) is 23.1 Å². The fraction of sp³-hybridized carbons (Fsp3) is 0.286. The van der Waals surface area contributed by atoms with Gasteiger partial charge in [0.25, 0.3) is 5.78 Å². The largest absolute Gasteiger partial charge is 0.265 e. The number of hydrogen-bond donors (Lipinski definition) is 0. The molecule has 5 heteroatoms. The minimum Gasteiger partial charge on any atom is -0.265 e. The summed E-state index contributed by atoms with van der Waals surface area (Å²) in [6, 6.07) is 5.85. The van der Waals surface area contributed by atoms with E-state index in [1.165, 1.54) is 0 Å². The summed E-state index contributed by atoms with van der Waals surface area (Å²) < 4.78 is 1.80. The van der Waals surface area contributed by atoms with Gasteiger partial charge in [0.05, 0.1) is 5.69 Å². The van der Waals surface area contributed by atoms with Crippen molar-refractivity contribution in [1.29, 1.82) is 0 Å². The normalized spacial score (nSPS) is 11.3. The molecule has 0 saturated carbocycles. The lowest BCUT2D eigenvalue weighted by Gasteiger charge is -2.02. The molecule has 0 aromatic carbocycles. The highest BCUT2D eigenvalue weighted by molar-refractivity contribution is 5.60. The molecule has 0 aliphatic heterocycles. The molecule has 19 heavy (non-hydrogen) atoms. The second-order valence-corrected chi connectivity index (χ2v) is 4.90. The van der Waals surface area contributed by atoms with E-state index in [0.29, 0.717) is 11.7 Å². The van der Waals surface area contributed by atoms with Crippen molar-refractivity contribution in [3.8, 4) is 11.3 Å². The molecule has 0 N–H and O–H groups in total. The lowest BCUT2D eigenvalue weighted by molar-refractivity contribution is 0.620. The first-order valence-electron chi connectivity index (χ1n) is 6.35. The van der Waals surface area contributed by atoms with Gasteiger partial charge in [0.2, 0.25) is 0 Å². The van der Waals surface area contributed by atoms with E-state index in [0.717, 1.165) is 23.5 Å². The van der Waals surface area contributed by atoms with Crippen LogP contribution < -0.4 is 0 Å². The molecule has 0 fully saturated rings. The maximum Gasteiger partial charge on any atom is 0.252 e. The van der Waals surface area contributed by atoms with Gasteiger partial charge in [-0.2, -0.15) is 9.50 Å². The minimum absolute atomic E-state index is 0.529. The van der Waals surface area contributed by atoms with Gasteiger partial charge in [-0.05, 0) is 24.1 Å². The summed E-state index contributed by atoms with van der Waals surface area (Å²) in [4.78, 5) is 12.8. The van der Waals surface area contributed by atoms with Crippen LogP contribution in [0.15, 0.2) is 36.8 Å². The first-order chi connectivity index (χ1) is 9.24. The van der Waals surface area contributed by atoms with Crippen molar-refractivity contribution in [2.45, 2.75) is 20.3 Å². The van der Waals surface area contributed by atoms with Gasteiger partial charge in [0.15, 0.2) is 5.82 Å². The highest BCUT2D eigenvalue weighted by Gasteiger charge is 2.10. The van der Waals surface area contributed by atoms with Crippen molar-refractivity contribution in [2.24, 2.45) is 5.92 Å². The predicted molar refractivity (Wildman–Crippen MR) is 72.6 cm³/mol. The summed E-state index contributed by atoms with van der Waals surface area (Å²) in [6.45, 7) is 4.31. The summed E-state index contributed by atoms with van der Waals surface area (Å²) in [5, 5.41) is 4.55. The first kappa shape index (κ1) is 11.8. The molecule has 3 aromatic rings. The summed E-state index contributed by atoms with van der Waals surface area (Å²) >= 11 is 0. The first-order valence-corrected chi connectivity index (χ1v) is 6.35. The van der Waals surface area contributed by atoms with E-state index in [9.17, 15) is 0 Å². The molecule has 3 rings (SSSR count). The number of fused-ring (bicyclic) bond motifs is 1. The van der Waals surface area contributed by atoms with Crippen LogP contribution in [0.3, 0.4) is 0 Å². The molecule has 5 nitrogen and oxygen atoms in total. The van der Waals surface area contributed by atoms with Crippen LogP contribution in [0.5, 0.6) is 0 Å². The summed E-state index contributed by atoms with van der Waals surface area (Å²) in [6.07, 6.45) is 6.17. The van der Waals surface area contributed by atoms with Crippen LogP contribution in [-0.2, 0) is 6.42 Å². The third-order valence-corrected chi connectivity index (χ3v) is 2.85. The molecule has 96 valence electrons. The van der Waals surface area contributed by atoms with Gasteiger partial charge in [-0.1, -0.05) is 13.8 Å². The van der Waals surface area contributed by atoms with Gasteiger partial charge < -0.3 is 0 Å².